The third kappa shape index (κ3) is 4.66. The van der Waals surface area contributed by atoms with Gasteiger partial charge in [0.15, 0.2) is 0 Å². The van der Waals surface area contributed by atoms with E-state index in [0.29, 0.717) is 28.7 Å². The van der Waals surface area contributed by atoms with Crippen molar-refractivity contribution in [3.05, 3.63) is 82.6 Å². The normalized spacial score (nSPS) is 13.2. The Morgan fingerprint density at radius 1 is 1.06 bits per heavy atom. The summed E-state index contributed by atoms with van der Waals surface area (Å²) in [7, 11) is 1.50. The summed E-state index contributed by atoms with van der Waals surface area (Å²) in [5, 5.41) is 4.14. The molecule has 8 heteroatoms. The lowest BCUT2D eigenvalue weighted by molar-refractivity contribution is -0.112. The van der Waals surface area contributed by atoms with E-state index in [4.69, 9.17) is 16.3 Å². The largest absolute Gasteiger partial charge is 0.481 e. The number of halogens is 1. The highest BCUT2D eigenvalue weighted by Crippen LogP contribution is 2.32. The molecule has 0 saturated carbocycles. The molecule has 0 unspecified atom stereocenters. The number of nitrogens with zero attached hydrogens (tertiary/aromatic N) is 3. The van der Waals surface area contributed by atoms with E-state index in [1.54, 1.807) is 12.1 Å². The topological polar surface area (TPSA) is 76.5 Å². The maximum Gasteiger partial charge on any atom is 0.296 e. The molecular formula is C28H27ClN4O3. The van der Waals surface area contributed by atoms with Crippen LogP contribution >= 0.6 is 11.6 Å². The van der Waals surface area contributed by atoms with E-state index < -0.39 is 11.7 Å². The van der Waals surface area contributed by atoms with Gasteiger partial charge in [-0.25, -0.2) is 4.98 Å². The summed E-state index contributed by atoms with van der Waals surface area (Å²) in [6.45, 7) is 4.42. The Hall–Kier alpha value is -3.84. The van der Waals surface area contributed by atoms with Gasteiger partial charge in [0.25, 0.3) is 11.7 Å². The molecule has 0 radical (unpaired) electrons. The Labute approximate surface area is 214 Å². The molecule has 2 aromatic carbocycles. The molecule has 7 nitrogen and oxygen atoms in total. The number of hydrogen-bond acceptors (Lipinski definition) is 5. The summed E-state index contributed by atoms with van der Waals surface area (Å²) in [6, 6.07) is 17.0. The lowest BCUT2D eigenvalue weighted by atomic mass is 10.1. The predicted molar refractivity (Wildman–Crippen MR) is 142 cm³/mol. The van der Waals surface area contributed by atoms with Crippen LogP contribution in [0.2, 0.25) is 5.02 Å². The van der Waals surface area contributed by atoms with Crippen molar-refractivity contribution in [1.29, 1.82) is 0 Å². The molecule has 5 rings (SSSR count). The number of benzene rings is 2. The van der Waals surface area contributed by atoms with Crippen LogP contribution in [0.4, 0.5) is 11.4 Å². The highest BCUT2D eigenvalue weighted by atomic mass is 35.5. The summed E-state index contributed by atoms with van der Waals surface area (Å²) in [4.78, 5) is 33.0. The number of ether oxygens (including phenoxy) is 1. The minimum Gasteiger partial charge on any atom is -0.481 e. The van der Waals surface area contributed by atoms with Crippen LogP contribution in [0.25, 0.3) is 10.9 Å². The Balaban J connectivity index is 1.56. The molecule has 1 N–H and O–H groups in total. The zero-order valence-electron chi connectivity index (χ0n) is 20.3. The molecule has 1 fully saturated rings. The van der Waals surface area contributed by atoms with Crippen LogP contribution in [0.5, 0.6) is 5.88 Å². The number of carbonyl (C=O) groups excluding carboxylic acids is 2. The highest BCUT2D eigenvalue weighted by molar-refractivity contribution is 6.48. The van der Waals surface area contributed by atoms with Gasteiger partial charge in [-0.3, -0.25) is 9.59 Å². The van der Waals surface area contributed by atoms with E-state index in [-0.39, 0.29) is 0 Å². The van der Waals surface area contributed by atoms with Gasteiger partial charge in [0.1, 0.15) is 0 Å². The summed E-state index contributed by atoms with van der Waals surface area (Å²) in [5.74, 6) is -0.934. The van der Waals surface area contributed by atoms with Crippen LogP contribution in [0.3, 0.4) is 0 Å². The molecule has 1 amide bonds. The standard InChI is InChI=1S/C28H27ClN4O3/c1-18-26(27(34)28(35)31-21-11-12-30-25(15-21)36-2)23-16-22(32-13-3-4-14-32)9-10-24(23)33(18)17-19-5-7-20(29)8-6-19/h5-12,15-16H,3-4,13-14,17H2,1-2H3,(H,30,31,35). The van der Waals surface area contributed by atoms with Crippen LogP contribution in [-0.4, -0.2) is 41.4 Å². The van der Waals surface area contributed by atoms with Crippen LogP contribution in [0, 0.1) is 6.92 Å². The highest BCUT2D eigenvalue weighted by Gasteiger charge is 2.26. The number of rotatable bonds is 7. The fraction of sp³-hybridized carbons (Fsp3) is 0.250. The van der Waals surface area contributed by atoms with Gasteiger partial charge in [-0.15, -0.1) is 0 Å². The number of pyridine rings is 1. The van der Waals surface area contributed by atoms with Gasteiger partial charge in [-0.05, 0) is 61.7 Å². The Morgan fingerprint density at radius 2 is 1.81 bits per heavy atom. The Bertz CT molecular complexity index is 1440. The number of aromatic nitrogens is 2. The molecule has 0 bridgehead atoms. The molecule has 0 atom stereocenters. The number of ketones is 1. The van der Waals surface area contributed by atoms with Crippen molar-refractivity contribution in [2.45, 2.75) is 26.3 Å². The molecule has 1 aliphatic rings. The monoisotopic (exact) mass is 502 g/mol. The van der Waals surface area contributed by atoms with Gasteiger partial charge in [-0.1, -0.05) is 23.7 Å². The number of nitrogens with one attached hydrogen (secondary N) is 1. The van der Waals surface area contributed by atoms with Gasteiger partial charge in [0.05, 0.1) is 12.7 Å². The van der Waals surface area contributed by atoms with E-state index in [9.17, 15) is 9.59 Å². The quantitative estimate of drug-likeness (QED) is 0.267. The van der Waals surface area contributed by atoms with Crippen molar-refractivity contribution in [3.63, 3.8) is 0 Å². The SMILES string of the molecule is COc1cc(NC(=O)C(=O)c2c(C)n(Cc3ccc(Cl)cc3)c3ccc(N4CCCC4)cc23)ccn1. The van der Waals surface area contributed by atoms with Crippen molar-refractivity contribution in [2.75, 3.05) is 30.4 Å². The van der Waals surface area contributed by atoms with Crippen LogP contribution in [0.1, 0.15) is 34.5 Å². The van der Waals surface area contributed by atoms with E-state index in [2.05, 4.69) is 25.8 Å². The smallest absolute Gasteiger partial charge is 0.296 e. The first kappa shape index (κ1) is 23.9. The second-order valence-corrected chi connectivity index (χ2v) is 9.38. The molecule has 3 heterocycles. The van der Waals surface area contributed by atoms with E-state index in [1.165, 1.54) is 13.3 Å². The number of methoxy groups -OCH3 is 1. The van der Waals surface area contributed by atoms with Crippen molar-refractivity contribution < 1.29 is 14.3 Å². The van der Waals surface area contributed by atoms with Gasteiger partial charge < -0.3 is 19.5 Å². The second kappa shape index (κ2) is 10.0. The van der Waals surface area contributed by atoms with Gasteiger partial charge >= 0.3 is 0 Å². The second-order valence-electron chi connectivity index (χ2n) is 8.94. The third-order valence-corrected chi connectivity index (χ3v) is 6.92. The molecule has 1 aliphatic heterocycles. The lowest BCUT2D eigenvalue weighted by Gasteiger charge is -2.18. The zero-order chi connectivity index (χ0) is 25.2. The van der Waals surface area contributed by atoms with E-state index in [1.807, 2.05) is 43.3 Å². The Morgan fingerprint density at radius 3 is 2.53 bits per heavy atom. The van der Waals surface area contributed by atoms with Gasteiger partial charge in [0.2, 0.25) is 5.88 Å². The number of amides is 1. The molecule has 2 aromatic heterocycles. The summed E-state index contributed by atoms with van der Waals surface area (Å²) in [6.07, 6.45) is 3.82. The number of anilines is 2. The minimum atomic E-state index is -0.705. The summed E-state index contributed by atoms with van der Waals surface area (Å²) in [5.41, 5.74) is 4.63. The van der Waals surface area contributed by atoms with Crippen LogP contribution in [-0.2, 0) is 11.3 Å². The number of fused-ring (bicyclic) bond motifs is 1. The van der Waals surface area contributed by atoms with Crippen molar-refractivity contribution >= 4 is 45.6 Å². The lowest BCUT2D eigenvalue weighted by Crippen LogP contribution is -2.23. The molecule has 4 aromatic rings. The molecular weight excluding hydrogens is 476 g/mol. The van der Waals surface area contributed by atoms with Gasteiger partial charge in [0, 0.05) is 64.9 Å². The Kier molecular flexibility index (Phi) is 6.65. The van der Waals surface area contributed by atoms with E-state index in [0.717, 1.165) is 53.8 Å². The predicted octanol–water partition coefficient (Wildman–Crippen LogP) is 5.48. The van der Waals surface area contributed by atoms with Crippen molar-refractivity contribution in [1.82, 2.24) is 9.55 Å². The number of Topliss-reactive ketones (excluding diaryl/α,β-unsaturated/α-hetero) is 1. The maximum atomic E-state index is 13.6. The number of carbonyl (C=O) groups is 2. The molecule has 184 valence electrons. The maximum absolute atomic E-state index is 13.6. The first-order chi connectivity index (χ1) is 17.4. The van der Waals surface area contributed by atoms with Crippen LogP contribution in [0.15, 0.2) is 60.8 Å². The first-order valence-corrected chi connectivity index (χ1v) is 12.3. The summed E-state index contributed by atoms with van der Waals surface area (Å²) < 4.78 is 7.21. The average molecular weight is 503 g/mol. The fourth-order valence-corrected chi connectivity index (χ4v) is 4.93. The molecule has 0 aliphatic carbocycles. The molecule has 36 heavy (non-hydrogen) atoms. The van der Waals surface area contributed by atoms with E-state index >= 15 is 0 Å². The molecule has 0 spiro atoms. The average Bonchev–Trinajstić information content (AvgIpc) is 3.52. The summed E-state index contributed by atoms with van der Waals surface area (Å²) >= 11 is 6.07. The first-order valence-electron chi connectivity index (χ1n) is 11.9. The van der Waals surface area contributed by atoms with Crippen LogP contribution < -0.4 is 15.0 Å². The van der Waals surface area contributed by atoms with Crippen molar-refractivity contribution in [3.8, 4) is 5.88 Å². The molecule has 1 saturated heterocycles. The number of hydrogen-bond donors (Lipinski definition) is 1. The van der Waals surface area contributed by atoms with Crippen molar-refractivity contribution in [2.24, 2.45) is 0 Å². The zero-order valence-corrected chi connectivity index (χ0v) is 21.0. The minimum absolute atomic E-state index is 0.353. The third-order valence-electron chi connectivity index (χ3n) is 6.67. The van der Waals surface area contributed by atoms with Gasteiger partial charge in [-0.2, -0.15) is 0 Å². The fourth-order valence-electron chi connectivity index (χ4n) is 4.81.